The Kier molecular flexibility index (Phi) is 2.53. The number of nitrogens with one attached hydrogen (secondary N) is 1. The van der Waals surface area contributed by atoms with E-state index >= 15 is 0 Å². The van der Waals surface area contributed by atoms with Gasteiger partial charge in [-0.2, -0.15) is 0 Å². The van der Waals surface area contributed by atoms with Crippen molar-refractivity contribution < 1.29 is 0 Å². The second-order valence-electron chi connectivity index (χ2n) is 3.79. The second-order valence-corrected chi connectivity index (χ2v) is 3.79. The van der Waals surface area contributed by atoms with Gasteiger partial charge in [-0.25, -0.2) is 0 Å². The number of benzene rings is 1. The number of rotatable bonds is 2. The topological polar surface area (TPSA) is 24.4 Å². The van der Waals surface area contributed by atoms with Gasteiger partial charge in [0.25, 0.3) is 0 Å². The van der Waals surface area contributed by atoms with E-state index in [0.29, 0.717) is 6.04 Å². The van der Waals surface area contributed by atoms with Crippen LogP contribution in [0.3, 0.4) is 0 Å². The summed E-state index contributed by atoms with van der Waals surface area (Å²) in [7, 11) is 0. The Balaban J connectivity index is 2.17. The molecule has 0 bridgehead atoms. The summed E-state index contributed by atoms with van der Waals surface area (Å²) in [5.41, 5.74) is 2.58. The lowest BCUT2D eigenvalue weighted by Crippen LogP contribution is -2.27. The van der Waals surface area contributed by atoms with Crippen LogP contribution >= 0.6 is 0 Å². The highest BCUT2D eigenvalue weighted by molar-refractivity contribution is 6.00. The van der Waals surface area contributed by atoms with Crippen molar-refractivity contribution >= 4 is 5.84 Å². The van der Waals surface area contributed by atoms with Gasteiger partial charge in [0, 0.05) is 11.6 Å². The number of aliphatic imine (C=N–C) groups is 1. The summed E-state index contributed by atoms with van der Waals surface area (Å²) in [6, 6.07) is 9.10. The summed E-state index contributed by atoms with van der Waals surface area (Å²) >= 11 is 0. The van der Waals surface area contributed by atoms with Gasteiger partial charge in [0.2, 0.25) is 0 Å². The van der Waals surface area contributed by atoms with E-state index in [2.05, 4.69) is 48.4 Å². The largest absolute Gasteiger partial charge is 0.366 e. The minimum atomic E-state index is 0.482. The van der Waals surface area contributed by atoms with E-state index in [-0.39, 0.29) is 0 Å². The van der Waals surface area contributed by atoms with Crippen LogP contribution in [-0.4, -0.2) is 18.4 Å². The first-order valence-electron chi connectivity index (χ1n) is 5.20. The molecule has 0 saturated carbocycles. The Morgan fingerprint density at radius 1 is 1.36 bits per heavy atom. The molecule has 14 heavy (non-hydrogen) atoms. The molecule has 1 aromatic rings. The molecule has 2 heteroatoms. The zero-order chi connectivity index (χ0) is 9.97. The van der Waals surface area contributed by atoms with Crippen LogP contribution < -0.4 is 5.32 Å². The molecule has 74 valence electrons. The maximum Gasteiger partial charge on any atom is 0.128 e. The van der Waals surface area contributed by atoms with Gasteiger partial charge in [-0.3, -0.25) is 4.99 Å². The third-order valence-electron chi connectivity index (χ3n) is 2.54. The highest BCUT2D eigenvalue weighted by Gasteiger charge is 2.13. The molecule has 1 atom stereocenters. The maximum absolute atomic E-state index is 4.45. The SMILES string of the molecule is CCc1ccc(C2=NCC(C)N2)cc1. The van der Waals surface area contributed by atoms with Crippen LogP contribution in [0.1, 0.15) is 25.0 Å². The lowest BCUT2D eigenvalue weighted by atomic mass is 10.1. The molecule has 0 aliphatic carbocycles. The van der Waals surface area contributed by atoms with Gasteiger partial charge in [0.1, 0.15) is 5.84 Å². The maximum atomic E-state index is 4.45. The Hall–Kier alpha value is -1.31. The Bertz CT molecular complexity index is 338. The van der Waals surface area contributed by atoms with Crippen molar-refractivity contribution in [2.45, 2.75) is 26.3 Å². The van der Waals surface area contributed by atoms with Crippen LogP contribution in [0.4, 0.5) is 0 Å². The Morgan fingerprint density at radius 3 is 2.57 bits per heavy atom. The minimum Gasteiger partial charge on any atom is -0.366 e. The van der Waals surface area contributed by atoms with E-state index in [1.807, 2.05) is 0 Å². The standard InChI is InChI=1S/C12H16N2/c1-3-10-4-6-11(7-5-10)12-13-8-9(2)14-12/h4-7,9H,3,8H2,1-2H3,(H,13,14). The third-order valence-corrected chi connectivity index (χ3v) is 2.54. The van der Waals surface area contributed by atoms with Gasteiger partial charge >= 0.3 is 0 Å². The van der Waals surface area contributed by atoms with Gasteiger partial charge in [-0.1, -0.05) is 31.2 Å². The van der Waals surface area contributed by atoms with Gasteiger partial charge in [0.15, 0.2) is 0 Å². The zero-order valence-electron chi connectivity index (χ0n) is 8.75. The Morgan fingerprint density at radius 2 is 2.07 bits per heavy atom. The van der Waals surface area contributed by atoms with Crippen molar-refractivity contribution in [1.29, 1.82) is 0 Å². The highest BCUT2D eigenvalue weighted by atomic mass is 15.1. The average molecular weight is 188 g/mol. The van der Waals surface area contributed by atoms with Crippen molar-refractivity contribution in [3.05, 3.63) is 35.4 Å². The number of hydrogen-bond donors (Lipinski definition) is 1. The summed E-state index contributed by atoms with van der Waals surface area (Å²) in [4.78, 5) is 4.45. The predicted molar refractivity (Wildman–Crippen MR) is 59.8 cm³/mol. The van der Waals surface area contributed by atoms with Crippen molar-refractivity contribution in [2.24, 2.45) is 4.99 Å². The molecule has 1 unspecified atom stereocenters. The Labute approximate surface area is 85.1 Å². The number of hydrogen-bond acceptors (Lipinski definition) is 2. The van der Waals surface area contributed by atoms with Crippen molar-refractivity contribution in [3.8, 4) is 0 Å². The molecular formula is C12H16N2. The predicted octanol–water partition coefficient (Wildman–Crippen LogP) is 1.99. The molecular weight excluding hydrogens is 172 g/mol. The van der Waals surface area contributed by atoms with Crippen LogP contribution in [0.5, 0.6) is 0 Å². The molecule has 0 fully saturated rings. The molecule has 1 aliphatic heterocycles. The van der Waals surface area contributed by atoms with Crippen molar-refractivity contribution in [2.75, 3.05) is 6.54 Å². The molecule has 1 heterocycles. The molecule has 0 radical (unpaired) electrons. The normalized spacial score (nSPS) is 20.4. The quantitative estimate of drug-likeness (QED) is 0.754. The highest BCUT2D eigenvalue weighted by Crippen LogP contribution is 2.08. The first-order chi connectivity index (χ1) is 6.79. The molecule has 1 aromatic carbocycles. The molecule has 0 spiro atoms. The van der Waals surface area contributed by atoms with E-state index in [1.54, 1.807) is 0 Å². The molecule has 0 saturated heterocycles. The number of nitrogens with zero attached hydrogens (tertiary/aromatic N) is 1. The molecule has 0 aromatic heterocycles. The first kappa shape index (κ1) is 9.25. The van der Waals surface area contributed by atoms with Gasteiger partial charge < -0.3 is 5.32 Å². The van der Waals surface area contributed by atoms with E-state index in [9.17, 15) is 0 Å². The molecule has 0 amide bonds. The first-order valence-corrected chi connectivity index (χ1v) is 5.20. The number of amidine groups is 1. The van der Waals surface area contributed by atoms with E-state index in [1.165, 1.54) is 11.1 Å². The molecule has 1 aliphatic rings. The smallest absolute Gasteiger partial charge is 0.128 e. The van der Waals surface area contributed by atoms with Crippen LogP contribution in [0, 0.1) is 0 Å². The van der Waals surface area contributed by atoms with Crippen LogP contribution in [0.15, 0.2) is 29.3 Å². The van der Waals surface area contributed by atoms with Gasteiger partial charge in [0.05, 0.1) is 6.54 Å². The summed E-state index contributed by atoms with van der Waals surface area (Å²) in [6.07, 6.45) is 1.09. The van der Waals surface area contributed by atoms with Crippen LogP contribution in [0.25, 0.3) is 0 Å². The number of aryl methyl sites for hydroxylation is 1. The molecule has 1 N–H and O–H groups in total. The third kappa shape index (κ3) is 1.79. The van der Waals surface area contributed by atoms with Crippen LogP contribution in [0.2, 0.25) is 0 Å². The fraction of sp³-hybridized carbons (Fsp3) is 0.417. The summed E-state index contributed by atoms with van der Waals surface area (Å²) in [5.74, 6) is 1.04. The van der Waals surface area contributed by atoms with E-state index in [4.69, 9.17) is 0 Å². The van der Waals surface area contributed by atoms with Crippen LogP contribution in [-0.2, 0) is 6.42 Å². The van der Waals surface area contributed by atoms with Crippen molar-refractivity contribution in [3.63, 3.8) is 0 Å². The fourth-order valence-electron chi connectivity index (χ4n) is 1.63. The average Bonchev–Trinajstić information content (AvgIpc) is 2.65. The lowest BCUT2D eigenvalue weighted by Gasteiger charge is -2.06. The summed E-state index contributed by atoms with van der Waals surface area (Å²) < 4.78 is 0. The fourth-order valence-corrected chi connectivity index (χ4v) is 1.63. The summed E-state index contributed by atoms with van der Waals surface area (Å²) in [5, 5.41) is 3.36. The van der Waals surface area contributed by atoms with Crippen molar-refractivity contribution in [1.82, 2.24) is 5.32 Å². The molecule has 2 nitrogen and oxygen atoms in total. The monoisotopic (exact) mass is 188 g/mol. The zero-order valence-corrected chi connectivity index (χ0v) is 8.75. The van der Waals surface area contributed by atoms with E-state index in [0.717, 1.165) is 18.8 Å². The minimum absolute atomic E-state index is 0.482. The van der Waals surface area contributed by atoms with Gasteiger partial charge in [-0.15, -0.1) is 0 Å². The lowest BCUT2D eigenvalue weighted by molar-refractivity contribution is 0.726. The second kappa shape index (κ2) is 3.82. The summed E-state index contributed by atoms with van der Waals surface area (Å²) in [6.45, 7) is 5.21. The molecule has 2 rings (SSSR count). The van der Waals surface area contributed by atoms with Gasteiger partial charge in [-0.05, 0) is 18.9 Å². The van der Waals surface area contributed by atoms with E-state index < -0.39 is 0 Å².